The van der Waals surface area contributed by atoms with Crippen LogP contribution in [0, 0.1) is 11.8 Å². The van der Waals surface area contributed by atoms with Gasteiger partial charge in [0.1, 0.15) is 0 Å². The summed E-state index contributed by atoms with van der Waals surface area (Å²) in [6, 6.07) is 9.11. The molecule has 0 radical (unpaired) electrons. The average molecular weight is 310 g/mol. The average Bonchev–Trinajstić information content (AvgIpc) is 2.86. The smallest absolute Gasteiger partial charge is 0.287 e. The molecule has 0 saturated carbocycles. The SMILES string of the molecule is O=C(NCC(F)F)C(=O)[C@@H]1CNC(=O)[C@H]1Cc1ccccc1. The van der Waals surface area contributed by atoms with Crippen molar-refractivity contribution in [1.29, 1.82) is 0 Å². The summed E-state index contributed by atoms with van der Waals surface area (Å²) in [5.74, 6) is -3.69. The number of amides is 2. The summed E-state index contributed by atoms with van der Waals surface area (Å²) in [6.45, 7) is -0.820. The Morgan fingerprint density at radius 1 is 1.27 bits per heavy atom. The van der Waals surface area contributed by atoms with E-state index in [1.54, 1.807) is 0 Å². The van der Waals surface area contributed by atoms with Crippen LogP contribution in [-0.2, 0) is 20.8 Å². The second kappa shape index (κ2) is 7.11. The first kappa shape index (κ1) is 16.1. The van der Waals surface area contributed by atoms with Gasteiger partial charge in [0, 0.05) is 6.54 Å². The maximum absolute atomic E-state index is 12.1. The molecular weight excluding hydrogens is 294 g/mol. The second-order valence-corrected chi connectivity index (χ2v) is 5.11. The highest BCUT2D eigenvalue weighted by Crippen LogP contribution is 2.23. The molecule has 1 fully saturated rings. The molecule has 2 atom stereocenters. The minimum atomic E-state index is -2.72. The Balaban J connectivity index is 2.03. The van der Waals surface area contributed by atoms with Gasteiger partial charge >= 0.3 is 0 Å². The molecular formula is C15H16F2N2O3. The zero-order chi connectivity index (χ0) is 16.1. The van der Waals surface area contributed by atoms with Gasteiger partial charge < -0.3 is 10.6 Å². The Morgan fingerprint density at radius 3 is 2.59 bits per heavy atom. The van der Waals surface area contributed by atoms with Crippen LogP contribution >= 0.6 is 0 Å². The van der Waals surface area contributed by atoms with Crippen LogP contribution in [-0.4, -0.2) is 37.1 Å². The zero-order valence-corrected chi connectivity index (χ0v) is 11.7. The number of benzene rings is 1. The molecule has 1 saturated heterocycles. The van der Waals surface area contributed by atoms with Crippen molar-refractivity contribution in [2.75, 3.05) is 13.1 Å². The van der Waals surface area contributed by atoms with Crippen LogP contribution in [0.3, 0.4) is 0 Å². The number of halogens is 2. The summed E-state index contributed by atoms with van der Waals surface area (Å²) in [6.07, 6.45) is -2.40. The van der Waals surface area contributed by atoms with Crippen LogP contribution in [0.1, 0.15) is 5.56 Å². The molecule has 7 heteroatoms. The fraction of sp³-hybridized carbons (Fsp3) is 0.400. The van der Waals surface area contributed by atoms with Crippen molar-refractivity contribution in [3.63, 3.8) is 0 Å². The lowest BCUT2D eigenvalue weighted by Gasteiger charge is -2.15. The highest BCUT2D eigenvalue weighted by Gasteiger charge is 2.41. The largest absolute Gasteiger partial charge is 0.355 e. The first-order valence-corrected chi connectivity index (χ1v) is 6.91. The first-order chi connectivity index (χ1) is 10.5. The molecule has 1 heterocycles. The Morgan fingerprint density at radius 2 is 1.95 bits per heavy atom. The predicted molar refractivity (Wildman–Crippen MR) is 74.2 cm³/mol. The number of hydrogen-bond donors (Lipinski definition) is 2. The van der Waals surface area contributed by atoms with E-state index in [0.29, 0.717) is 6.42 Å². The minimum absolute atomic E-state index is 0.0528. The van der Waals surface area contributed by atoms with E-state index in [1.807, 2.05) is 35.6 Å². The summed E-state index contributed by atoms with van der Waals surface area (Å²) in [4.78, 5) is 35.5. The Bertz CT molecular complexity index is 563. The summed E-state index contributed by atoms with van der Waals surface area (Å²) >= 11 is 0. The molecule has 5 nitrogen and oxygen atoms in total. The van der Waals surface area contributed by atoms with Gasteiger partial charge in [-0.1, -0.05) is 30.3 Å². The van der Waals surface area contributed by atoms with Gasteiger partial charge in [0.15, 0.2) is 0 Å². The van der Waals surface area contributed by atoms with Gasteiger partial charge in [-0.15, -0.1) is 0 Å². The van der Waals surface area contributed by atoms with Gasteiger partial charge in [-0.2, -0.15) is 0 Å². The highest BCUT2D eigenvalue weighted by molar-refractivity contribution is 6.37. The third-order valence-electron chi connectivity index (χ3n) is 3.59. The van der Waals surface area contributed by atoms with Crippen LogP contribution in [0.25, 0.3) is 0 Å². The molecule has 1 aliphatic rings. The second-order valence-electron chi connectivity index (χ2n) is 5.11. The predicted octanol–water partition coefficient (Wildman–Crippen LogP) is 0.542. The van der Waals surface area contributed by atoms with Gasteiger partial charge in [-0.05, 0) is 12.0 Å². The molecule has 2 N–H and O–H groups in total. The molecule has 0 aliphatic carbocycles. The first-order valence-electron chi connectivity index (χ1n) is 6.91. The number of alkyl halides is 2. The van der Waals surface area contributed by atoms with Crippen molar-refractivity contribution in [3.8, 4) is 0 Å². The fourth-order valence-electron chi connectivity index (χ4n) is 2.47. The van der Waals surface area contributed by atoms with E-state index in [4.69, 9.17) is 0 Å². The lowest BCUT2D eigenvalue weighted by atomic mass is 9.86. The van der Waals surface area contributed by atoms with Crippen molar-refractivity contribution < 1.29 is 23.2 Å². The van der Waals surface area contributed by atoms with Crippen LogP contribution in [0.15, 0.2) is 30.3 Å². The normalized spacial score (nSPS) is 20.8. The topological polar surface area (TPSA) is 75.3 Å². The van der Waals surface area contributed by atoms with Gasteiger partial charge in [-0.25, -0.2) is 8.78 Å². The van der Waals surface area contributed by atoms with Crippen LogP contribution in [0.2, 0.25) is 0 Å². The highest BCUT2D eigenvalue weighted by atomic mass is 19.3. The minimum Gasteiger partial charge on any atom is -0.355 e. The third kappa shape index (κ3) is 3.87. The molecule has 0 bridgehead atoms. The van der Waals surface area contributed by atoms with E-state index in [0.717, 1.165) is 5.56 Å². The summed E-state index contributed by atoms with van der Waals surface area (Å²) < 4.78 is 24.1. The Hall–Kier alpha value is -2.31. The summed E-state index contributed by atoms with van der Waals surface area (Å²) in [7, 11) is 0. The quantitative estimate of drug-likeness (QED) is 0.753. The monoisotopic (exact) mass is 310 g/mol. The van der Waals surface area contributed by atoms with Gasteiger partial charge in [0.05, 0.1) is 18.4 Å². The number of hydrogen-bond acceptors (Lipinski definition) is 3. The molecule has 1 aliphatic heterocycles. The van der Waals surface area contributed by atoms with E-state index in [1.165, 1.54) is 0 Å². The zero-order valence-electron chi connectivity index (χ0n) is 11.7. The van der Waals surface area contributed by atoms with Crippen molar-refractivity contribution in [1.82, 2.24) is 10.6 Å². The maximum Gasteiger partial charge on any atom is 0.287 e. The molecule has 0 aromatic heterocycles. The number of nitrogens with one attached hydrogen (secondary N) is 2. The fourth-order valence-corrected chi connectivity index (χ4v) is 2.47. The Labute approximate surface area is 126 Å². The molecule has 118 valence electrons. The number of ketones is 1. The molecule has 0 spiro atoms. The van der Waals surface area contributed by atoms with Crippen LogP contribution in [0.4, 0.5) is 8.78 Å². The van der Waals surface area contributed by atoms with Gasteiger partial charge in [0.2, 0.25) is 11.7 Å². The molecule has 22 heavy (non-hydrogen) atoms. The molecule has 2 amide bonds. The molecule has 1 aromatic carbocycles. The van der Waals surface area contributed by atoms with E-state index in [2.05, 4.69) is 5.32 Å². The van der Waals surface area contributed by atoms with Crippen molar-refractivity contribution >= 4 is 17.6 Å². The van der Waals surface area contributed by atoms with Gasteiger partial charge in [0.25, 0.3) is 12.3 Å². The van der Waals surface area contributed by atoms with E-state index in [9.17, 15) is 23.2 Å². The van der Waals surface area contributed by atoms with E-state index >= 15 is 0 Å². The number of carbonyl (C=O) groups excluding carboxylic acids is 3. The van der Waals surface area contributed by atoms with Crippen molar-refractivity contribution in [3.05, 3.63) is 35.9 Å². The van der Waals surface area contributed by atoms with Crippen LogP contribution < -0.4 is 10.6 Å². The van der Waals surface area contributed by atoms with Crippen LogP contribution in [0.5, 0.6) is 0 Å². The lowest BCUT2D eigenvalue weighted by molar-refractivity contribution is -0.141. The third-order valence-corrected chi connectivity index (χ3v) is 3.59. The number of carbonyl (C=O) groups is 3. The van der Waals surface area contributed by atoms with Gasteiger partial charge in [-0.3, -0.25) is 14.4 Å². The number of rotatable bonds is 6. The maximum atomic E-state index is 12.1. The van der Waals surface area contributed by atoms with Crippen molar-refractivity contribution in [2.45, 2.75) is 12.8 Å². The molecule has 2 rings (SSSR count). The summed E-state index contributed by atoms with van der Waals surface area (Å²) in [5.41, 5.74) is 0.871. The summed E-state index contributed by atoms with van der Waals surface area (Å²) in [5, 5.41) is 4.43. The lowest BCUT2D eigenvalue weighted by Crippen LogP contribution is -2.40. The van der Waals surface area contributed by atoms with Crippen molar-refractivity contribution in [2.24, 2.45) is 11.8 Å². The van der Waals surface area contributed by atoms with E-state index < -0.39 is 36.5 Å². The van der Waals surface area contributed by atoms with E-state index in [-0.39, 0.29) is 12.5 Å². The molecule has 0 unspecified atom stereocenters. The Kier molecular flexibility index (Phi) is 5.19. The number of Topliss-reactive ketones (excluding diaryl/α,β-unsaturated/α-hetero) is 1. The standard InChI is InChI=1S/C15H16F2N2O3/c16-12(17)8-19-15(22)13(20)11-7-18-14(21)10(11)6-9-4-2-1-3-5-9/h1-5,10-12H,6-8H2,(H,18,21)(H,19,22)/t10-,11+/m0/s1. The molecule has 1 aromatic rings.